The predicted molar refractivity (Wildman–Crippen MR) is 185 cm³/mol. The number of fused-ring (bicyclic) bond motifs is 3. The Labute approximate surface area is 274 Å². The summed E-state index contributed by atoms with van der Waals surface area (Å²) in [5.74, 6) is -2.14. The second-order valence-electron chi connectivity index (χ2n) is 11.4. The molecule has 1 aromatic heterocycles. The molecule has 1 fully saturated rings. The fraction of sp³-hybridized carbons (Fsp3) is 0.222. The van der Waals surface area contributed by atoms with Gasteiger partial charge in [-0.05, 0) is 66.6 Å². The molecule has 2 aliphatic heterocycles. The summed E-state index contributed by atoms with van der Waals surface area (Å²) in [6.45, 7) is 5.71. The lowest BCUT2D eigenvalue weighted by atomic mass is 9.83. The third-order valence-corrected chi connectivity index (χ3v) is 11.4. The normalized spacial score (nSPS) is 18.8. The maximum absolute atomic E-state index is 14.1. The number of nitrogens with zero attached hydrogens (tertiary/aromatic N) is 3. The number of aromatic nitrogens is 1. The van der Waals surface area contributed by atoms with E-state index in [1.54, 1.807) is 24.3 Å². The molecule has 3 amide bonds. The summed E-state index contributed by atoms with van der Waals surface area (Å²) < 4.78 is 1.46. The van der Waals surface area contributed by atoms with E-state index in [1.807, 2.05) is 72.8 Å². The molecule has 3 unspecified atom stereocenters. The van der Waals surface area contributed by atoms with E-state index in [-0.39, 0.29) is 29.1 Å². The number of imide groups is 1. The molecule has 0 spiro atoms. The Bertz CT molecular complexity index is 2020. The molecule has 5 aromatic rings. The molecule has 10 heteroatoms. The highest BCUT2D eigenvalue weighted by molar-refractivity contribution is 8.00. The molecule has 0 bridgehead atoms. The lowest BCUT2D eigenvalue weighted by Gasteiger charge is -2.31. The average molecular weight is 649 g/mol. The predicted octanol–water partition coefficient (Wildman–Crippen LogP) is 6.34. The van der Waals surface area contributed by atoms with Gasteiger partial charge >= 0.3 is 4.87 Å². The van der Waals surface area contributed by atoms with Gasteiger partial charge in [-0.15, -0.1) is 0 Å². The van der Waals surface area contributed by atoms with E-state index in [2.05, 4.69) is 24.1 Å². The fourth-order valence-corrected chi connectivity index (χ4v) is 9.31. The van der Waals surface area contributed by atoms with Gasteiger partial charge in [0.05, 0.1) is 16.6 Å². The van der Waals surface area contributed by atoms with E-state index in [0.29, 0.717) is 21.3 Å². The number of anilines is 3. The van der Waals surface area contributed by atoms with Crippen LogP contribution in [0.15, 0.2) is 107 Å². The van der Waals surface area contributed by atoms with Gasteiger partial charge in [0.1, 0.15) is 11.8 Å². The molecule has 0 saturated carbocycles. The molecule has 8 nitrogen and oxygen atoms in total. The Hall–Kier alpha value is -4.67. The Balaban J connectivity index is 1.26. The van der Waals surface area contributed by atoms with Crippen molar-refractivity contribution in [1.29, 1.82) is 0 Å². The van der Waals surface area contributed by atoms with E-state index < -0.39 is 17.1 Å². The van der Waals surface area contributed by atoms with E-state index in [1.165, 1.54) is 21.2 Å². The molecule has 1 saturated heterocycles. The second kappa shape index (κ2) is 12.3. The third kappa shape index (κ3) is 5.21. The van der Waals surface area contributed by atoms with Crippen LogP contribution in [0, 0.1) is 5.92 Å². The van der Waals surface area contributed by atoms with Gasteiger partial charge in [-0.25, -0.2) is 4.90 Å². The Morgan fingerprint density at radius 1 is 0.826 bits per heavy atom. The van der Waals surface area contributed by atoms with Crippen molar-refractivity contribution < 1.29 is 14.4 Å². The molecule has 1 N–H and O–H groups in total. The van der Waals surface area contributed by atoms with E-state index in [9.17, 15) is 19.2 Å². The smallest absolute Gasteiger partial charge is 0.308 e. The minimum atomic E-state index is -0.739. The summed E-state index contributed by atoms with van der Waals surface area (Å²) in [6.07, 6.45) is 0. The fourth-order valence-electron chi connectivity index (χ4n) is 6.54. The van der Waals surface area contributed by atoms with Crippen molar-refractivity contribution in [3.8, 4) is 0 Å². The van der Waals surface area contributed by atoms with Gasteiger partial charge in [0.15, 0.2) is 0 Å². The van der Waals surface area contributed by atoms with Crippen LogP contribution in [0.4, 0.5) is 17.1 Å². The second-order valence-corrected chi connectivity index (χ2v) is 13.5. The number of para-hydroxylation sites is 1. The van der Waals surface area contributed by atoms with Gasteiger partial charge in [0, 0.05) is 35.3 Å². The van der Waals surface area contributed by atoms with Crippen LogP contribution in [-0.4, -0.2) is 40.6 Å². The van der Waals surface area contributed by atoms with Crippen LogP contribution >= 0.6 is 23.1 Å². The summed E-state index contributed by atoms with van der Waals surface area (Å²) in [7, 11) is 0. The average Bonchev–Trinajstić information content (AvgIpc) is 3.52. The molecule has 0 aliphatic carbocycles. The molecule has 7 rings (SSSR count). The quantitative estimate of drug-likeness (QED) is 0.198. The summed E-state index contributed by atoms with van der Waals surface area (Å²) in [5, 5.41) is 4.82. The number of carbonyl (C=O) groups is 3. The third-order valence-electron chi connectivity index (χ3n) is 8.78. The van der Waals surface area contributed by atoms with Crippen molar-refractivity contribution in [2.45, 2.75) is 36.6 Å². The minimum Gasteiger partial charge on any atom is -0.372 e. The number of benzene rings is 4. The largest absolute Gasteiger partial charge is 0.372 e. The number of thiazole rings is 1. The van der Waals surface area contributed by atoms with E-state index in [4.69, 9.17) is 0 Å². The molecule has 0 radical (unpaired) electrons. The molecular formula is C36H32N4O4S2. The van der Waals surface area contributed by atoms with E-state index in [0.717, 1.165) is 46.4 Å². The summed E-state index contributed by atoms with van der Waals surface area (Å²) in [5.41, 5.74) is 3.08. The van der Waals surface area contributed by atoms with Crippen molar-refractivity contribution >= 4 is 68.7 Å². The first kappa shape index (κ1) is 30.0. The summed E-state index contributed by atoms with van der Waals surface area (Å²) in [6, 6.07) is 30.6. The summed E-state index contributed by atoms with van der Waals surface area (Å²) in [4.78, 5) is 58.9. The number of hydrogen-bond acceptors (Lipinski definition) is 7. The van der Waals surface area contributed by atoms with Gasteiger partial charge in [-0.2, -0.15) is 0 Å². The maximum Gasteiger partial charge on any atom is 0.308 e. The van der Waals surface area contributed by atoms with Gasteiger partial charge in [0.2, 0.25) is 17.7 Å². The van der Waals surface area contributed by atoms with Crippen molar-refractivity contribution in [2.75, 3.05) is 28.2 Å². The number of carbonyl (C=O) groups excluding carboxylic acids is 3. The Morgan fingerprint density at radius 2 is 1.52 bits per heavy atom. The first-order valence-electron chi connectivity index (χ1n) is 15.3. The number of nitrogens with one attached hydrogen (secondary N) is 1. The highest BCUT2D eigenvalue weighted by Crippen LogP contribution is 2.54. The van der Waals surface area contributed by atoms with E-state index >= 15 is 0 Å². The van der Waals surface area contributed by atoms with Crippen LogP contribution in [0.3, 0.4) is 0 Å². The maximum atomic E-state index is 14.1. The first-order valence-corrected chi connectivity index (χ1v) is 17.0. The zero-order valence-electron chi connectivity index (χ0n) is 25.4. The zero-order valence-corrected chi connectivity index (χ0v) is 27.0. The highest BCUT2D eigenvalue weighted by Gasteiger charge is 2.56. The molecule has 2 aliphatic rings. The highest BCUT2D eigenvalue weighted by atomic mass is 32.2. The molecule has 3 heterocycles. The molecule has 46 heavy (non-hydrogen) atoms. The van der Waals surface area contributed by atoms with Crippen LogP contribution in [-0.2, 0) is 20.9 Å². The standard InChI is InChI=1S/C36H32N4O4S2/c1-3-38(4-2)26-18-15-23(16-19-26)29-30-31(34(43)40(33(30)42)27-12-6-5-7-13-27)45-35-32(29)46-36(44)39(35)21-28(41)37-25-17-14-22-10-8-9-11-24(22)20-25/h5-20,29-31H,3-4,21H2,1-2H3,(H,37,41). The van der Waals surface area contributed by atoms with Crippen LogP contribution in [0.5, 0.6) is 0 Å². The van der Waals surface area contributed by atoms with Crippen molar-refractivity contribution in [1.82, 2.24) is 4.57 Å². The number of hydrogen-bond donors (Lipinski definition) is 1. The van der Waals surface area contributed by atoms with Gasteiger partial charge < -0.3 is 10.2 Å². The number of thioether (sulfide) groups is 1. The Kier molecular flexibility index (Phi) is 8.00. The number of amides is 3. The van der Waals surface area contributed by atoms with Crippen LogP contribution in [0.1, 0.15) is 30.2 Å². The van der Waals surface area contributed by atoms with Crippen molar-refractivity contribution in [3.63, 3.8) is 0 Å². The Morgan fingerprint density at radius 3 is 2.24 bits per heavy atom. The molecule has 4 aromatic carbocycles. The monoisotopic (exact) mass is 648 g/mol. The molecule has 3 atom stereocenters. The van der Waals surface area contributed by atoms with Crippen LogP contribution < -0.4 is 20.0 Å². The SMILES string of the molecule is CCN(CC)c1ccc(C2c3sc(=O)n(CC(=O)Nc4ccc5ccccc5c4)c3SC3C(=O)N(c4ccccc4)C(=O)C32)cc1. The van der Waals surface area contributed by atoms with Crippen LogP contribution in [0.2, 0.25) is 0 Å². The van der Waals surface area contributed by atoms with Gasteiger partial charge in [-0.3, -0.25) is 23.7 Å². The molecule has 232 valence electrons. The van der Waals surface area contributed by atoms with Crippen molar-refractivity contribution in [3.05, 3.63) is 117 Å². The van der Waals surface area contributed by atoms with Crippen LogP contribution in [0.25, 0.3) is 10.8 Å². The topological polar surface area (TPSA) is 91.7 Å². The lowest BCUT2D eigenvalue weighted by molar-refractivity contribution is -0.122. The van der Waals surface area contributed by atoms with Gasteiger partial charge in [0.25, 0.3) is 0 Å². The minimum absolute atomic E-state index is 0.208. The first-order chi connectivity index (χ1) is 22.4. The number of rotatable bonds is 8. The zero-order chi connectivity index (χ0) is 31.9. The van der Waals surface area contributed by atoms with Crippen molar-refractivity contribution in [2.24, 2.45) is 5.92 Å². The lowest BCUT2D eigenvalue weighted by Crippen LogP contribution is -2.33. The summed E-state index contributed by atoms with van der Waals surface area (Å²) >= 11 is 2.28. The van der Waals surface area contributed by atoms with Gasteiger partial charge in [-0.1, -0.05) is 83.8 Å². The molecular weight excluding hydrogens is 617 g/mol.